The summed E-state index contributed by atoms with van der Waals surface area (Å²) in [6.45, 7) is 6.73. The molecule has 0 radical (unpaired) electrons. The summed E-state index contributed by atoms with van der Waals surface area (Å²) in [4.78, 5) is 0. The molecule has 15 heavy (non-hydrogen) atoms. The second-order valence-electron chi connectivity index (χ2n) is 4.61. The third-order valence-corrected chi connectivity index (χ3v) is 4.43. The van der Waals surface area contributed by atoms with Gasteiger partial charge in [-0.25, -0.2) is 0 Å². The smallest absolute Gasteiger partial charge is 0.0233 e. The van der Waals surface area contributed by atoms with E-state index >= 15 is 0 Å². The molecule has 0 aromatic heterocycles. The Labute approximate surface area is 100 Å². The van der Waals surface area contributed by atoms with Gasteiger partial charge < -0.3 is 5.32 Å². The number of benzene rings is 1. The fourth-order valence-corrected chi connectivity index (χ4v) is 2.60. The maximum atomic E-state index is 3.61. The average Bonchev–Trinajstić information content (AvgIpc) is 2.66. The Morgan fingerprint density at radius 3 is 2.53 bits per heavy atom. The summed E-state index contributed by atoms with van der Waals surface area (Å²) < 4.78 is 1.26. The molecule has 0 amide bonds. The van der Waals surface area contributed by atoms with E-state index in [0.717, 1.165) is 5.92 Å². The summed E-state index contributed by atoms with van der Waals surface area (Å²) in [5.74, 6) is 0.838. The predicted molar refractivity (Wildman–Crippen MR) is 68.3 cm³/mol. The van der Waals surface area contributed by atoms with E-state index in [4.69, 9.17) is 0 Å². The van der Waals surface area contributed by atoms with E-state index in [9.17, 15) is 0 Å². The molecular formula is C13H18BrN. The molecule has 2 heteroatoms. The van der Waals surface area contributed by atoms with Crippen molar-refractivity contribution in [2.45, 2.75) is 26.7 Å². The molecule has 1 nitrogen and oxygen atoms in total. The topological polar surface area (TPSA) is 12.0 Å². The number of rotatable bonds is 2. The lowest BCUT2D eigenvalue weighted by Crippen LogP contribution is -2.10. The van der Waals surface area contributed by atoms with Gasteiger partial charge in [0.05, 0.1) is 0 Å². The lowest BCUT2D eigenvalue weighted by atomic mass is 9.96. The number of halogens is 1. The van der Waals surface area contributed by atoms with Crippen LogP contribution in [0.25, 0.3) is 0 Å². The summed E-state index contributed by atoms with van der Waals surface area (Å²) in [5.41, 5.74) is 4.20. The molecule has 1 atom stereocenters. The molecule has 1 aromatic rings. The van der Waals surface area contributed by atoms with E-state index < -0.39 is 0 Å². The third-order valence-electron chi connectivity index (χ3n) is 3.18. The first-order chi connectivity index (χ1) is 7.16. The van der Waals surface area contributed by atoms with Crippen LogP contribution in [0, 0.1) is 19.8 Å². The van der Waals surface area contributed by atoms with Gasteiger partial charge in [0.2, 0.25) is 0 Å². The van der Waals surface area contributed by atoms with Gasteiger partial charge in [-0.15, -0.1) is 0 Å². The van der Waals surface area contributed by atoms with Crippen molar-refractivity contribution in [2.75, 3.05) is 13.1 Å². The van der Waals surface area contributed by atoms with Gasteiger partial charge in [-0.3, -0.25) is 0 Å². The van der Waals surface area contributed by atoms with Crippen LogP contribution in [-0.2, 0) is 6.42 Å². The molecule has 1 unspecified atom stereocenters. The van der Waals surface area contributed by atoms with Crippen molar-refractivity contribution in [2.24, 2.45) is 5.92 Å². The first-order valence-corrected chi connectivity index (χ1v) is 6.42. The highest BCUT2D eigenvalue weighted by Gasteiger charge is 2.15. The van der Waals surface area contributed by atoms with Crippen molar-refractivity contribution in [3.05, 3.63) is 33.3 Å². The van der Waals surface area contributed by atoms with Gasteiger partial charge in [0.15, 0.2) is 0 Å². The van der Waals surface area contributed by atoms with E-state index in [1.807, 2.05) is 0 Å². The van der Waals surface area contributed by atoms with Gasteiger partial charge in [0.25, 0.3) is 0 Å². The third kappa shape index (κ3) is 2.61. The van der Waals surface area contributed by atoms with Crippen LogP contribution in [-0.4, -0.2) is 13.1 Å². The summed E-state index contributed by atoms with van der Waals surface area (Å²) >= 11 is 3.61. The number of hydrogen-bond acceptors (Lipinski definition) is 1. The number of aryl methyl sites for hydroxylation is 2. The van der Waals surface area contributed by atoms with E-state index in [-0.39, 0.29) is 0 Å². The van der Waals surface area contributed by atoms with Crippen LogP contribution in [0.15, 0.2) is 16.6 Å². The monoisotopic (exact) mass is 267 g/mol. The van der Waals surface area contributed by atoms with Crippen LogP contribution < -0.4 is 5.32 Å². The molecule has 1 fully saturated rings. The lowest BCUT2D eigenvalue weighted by Gasteiger charge is -2.11. The highest BCUT2D eigenvalue weighted by Crippen LogP contribution is 2.24. The summed E-state index contributed by atoms with van der Waals surface area (Å²) in [5, 5.41) is 3.42. The fraction of sp³-hybridized carbons (Fsp3) is 0.538. The molecule has 1 heterocycles. The standard InChI is InChI=1S/C13H18BrN/c1-9-5-12(6-10(2)13(9)14)7-11-3-4-15-8-11/h5-6,11,15H,3-4,7-8H2,1-2H3. The Morgan fingerprint density at radius 1 is 1.33 bits per heavy atom. The van der Waals surface area contributed by atoms with Crippen LogP contribution >= 0.6 is 15.9 Å². The van der Waals surface area contributed by atoms with Crippen molar-refractivity contribution in [3.63, 3.8) is 0 Å². The molecule has 1 aliphatic heterocycles. The lowest BCUT2D eigenvalue weighted by molar-refractivity contribution is 0.580. The van der Waals surface area contributed by atoms with E-state index in [1.165, 1.54) is 47.1 Å². The van der Waals surface area contributed by atoms with E-state index in [1.54, 1.807) is 0 Å². The zero-order chi connectivity index (χ0) is 10.8. The average molecular weight is 268 g/mol. The van der Waals surface area contributed by atoms with Crippen LogP contribution in [0.3, 0.4) is 0 Å². The zero-order valence-corrected chi connectivity index (χ0v) is 11.0. The first kappa shape index (κ1) is 11.2. The largest absolute Gasteiger partial charge is 0.316 e. The Hall–Kier alpha value is -0.340. The van der Waals surface area contributed by atoms with Crippen LogP contribution in [0.4, 0.5) is 0 Å². The zero-order valence-electron chi connectivity index (χ0n) is 9.44. The maximum Gasteiger partial charge on any atom is 0.0233 e. The summed E-state index contributed by atoms with van der Waals surface area (Å²) in [6, 6.07) is 4.63. The molecule has 0 spiro atoms. The van der Waals surface area contributed by atoms with Crippen molar-refractivity contribution in [1.82, 2.24) is 5.32 Å². The number of nitrogens with one attached hydrogen (secondary N) is 1. The van der Waals surface area contributed by atoms with E-state index in [0.29, 0.717) is 0 Å². The quantitative estimate of drug-likeness (QED) is 0.868. The minimum Gasteiger partial charge on any atom is -0.316 e. The van der Waals surface area contributed by atoms with Crippen molar-refractivity contribution in [3.8, 4) is 0 Å². The Kier molecular flexibility index (Phi) is 3.47. The van der Waals surface area contributed by atoms with Crippen LogP contribution in [0.2, 0.25) is 0 Å². The second-order valence-corrected chi connectivity index (χ2v) is 5.40. The Bertz CT molecular complexity index is 331. The first-order valence-electron chi connectivity index (χ1n) is 5.63. The highest BCUT2D eigenvalue weighted by atomic mass is 79.9. The van der Waals surface area contributed by atoms with Gasteiger partial charge in [-0.2, -0.15) is 0 Å². The molecule has 1 aliphatic rings. The fourth-order valence-electron chi connectivity index (χ4n) is 2.38. The van der Waals surface area contributed by atoms with Crippen molar-refractivity contribution in [1.29, 1.82) is 0 Å². The molecule has 1 N–H and O–H groups in total. The van der Waals surface area contributed by atoms with E-state index in [2.05, 4.69) is 47.2 Å². The van der Waals surface area contributed by atoms with Gasteiger partial charge >= 0.3 is 0 Å². The molecule has 2 rings (SSSR count). The van der Waals surface area contributed by atoms with Gasteiger partial charge in [0.1, 0.15) is 0 Å². The SMILES string of the molecule is Cc1cc(CC2CCNC2)cc(C)c1Br. The van der Waals surface area contributed by atoms with Gasteiger partial charge in [0, 0.05) is 4.47 Å². The van der Waals surface area contributed by atoms with Crippen molar-refractivity contribution >= 4 is 15.9 Å². The normalized spacial score (nSPS) is 20.9. The van der Waals surface area contributed by atoms with Crippen LogP contribution in [0.1, 0.15) is 23.1 Å². The molecule has 82 valence electrons. The second kappa shape index (κ2) is 4.67. The minimum atomic E-state index is 0.838. The summed E-state index contributed by atoms with van der Waals surface area (Å²) in [7, 11) is 0. The minimum absolute atomic E-state index is 0.838. The molecule has 1 saturated heterocycles. The molecule has 1 aromatic carbocycles. The summed E-state index contributed by atoms with van der Waals surface area (Å²) in [6.07, 6.45) is 2.55. The highest BCUT2D eigenvalue weighted by molar-refractivity contribution is 9.10. The Balaban J connectivity index is 2.14. The van der Waals surface area contributed by atoms with Gasteiger partial charge in [-0.05, 0) is 62.4 Å². The number of hydrogen-bond donors (Lipinski definition) is 1. The van der Waals surface area contributed by atoms with Gasteiger partial charge in [-0.1, -0.05) is 28.1 Å². The van der Waals surface area contributed by atoms with Crippen LogP contribution in [0.5, 0.6) is 0 Å². The molecule has 0 bridgehead atoms. The Morgan fingerprint density at radius 2 is 2.00 bits per heavy atom. The molecular weight excluding hydrogens is 250 g/mol. The molecule has 0 saturated carbocycles. The molecule has 0 aliphatic carbocycles. The predicted octanol–water partition coefficient (Wildman–Crippen LogP) is 3.22. The van der Waals surface area contributed by atoms with Crippen molar-refractivity contribution < 1.29 is 0 Å². The maximum absolute atomic E-state index is 3.61.